The van der Waals surface area contributed by atoms with E-state index in [2.05, 4.69) is 9.89 Å². The number of hydrogen-bond acceptors (Lipinski definition) is 10. The van der Waals surface area contributed by atoms with Gasteiger partial charge in [0, 0.05) is 12.0 Å². The highest BCUT2D eigenvalue weighted by atomic mass is 16.5. The van der Waals surface area contributed by atoms with Crippen molar-refractivity contribution in [2.24, 2.45) is 5.92 Å². The van der Waals surface area contributed by atoms with Gasteiger partial charge in [0.1, 0.15) is 0 Å². The van der Waals surface area contributed by atoms with Crippen molar-refractivity contribution < 1.29 is 42.7 Å². The van der Waals surface area contributed by atoms with Gasteiger partial charge in [-0.05, 0) is 52.5 Å². The number of ether oxygens (including phenoxy) is 3. The Labute approximate surface area is 185 Å². The van der Waals surface area contributed by atoms with Crippen molar-refractivity contribution in [3.8, 4) is 0 Å². The van der Waals surface area contributed by atoms with Crippen LogP contribution >= 0.6 is 0 Å². The summed E-state index contributed by atoms with van der Waals surface area (Å²) in [6.45, 7) is 5.85. The van der Waals surface area contributed by atoms with Crippen LogP contribution in [-0.4, -0.2) is 54.3 Å². The quantitative estimate of drug-likeness (QED) is 0.346. The number of esters is 2. The van der Waals surface area contributed by atoms with Crippen LogP contribution < -0.4 is 0 Å². The second-order valence-electron chi connectivity index (χ2n) is 6.92. The molecule has 0 saturated carbocycles. The molecule has 0 bridgehead atoms. The van der Waals surface area contributed by atoms with E-state index in [1.807, 2.05) is 0 Å². The molecule has 0 aromatic carbocycles. The van der Waals surface area contributed by atoms with Crippen LogP contribution in [0.3, 0.4) is 0 Å². The van der Waals surface area contributed by atoms with E-state index >= 15 is 0 Å². The van der Waals surface area contributed by atoms with Crippen molar-refractivity contribution in [2.75, 3.05) is 19.8 Å². The Bertz CT molecular complexity index is 913. The Morgan fingerprint density at radius 1 is 1.06 bits per heavy atom. The lowest BCUT2D eigenvalue weighted by Crippen LogP contribution is -2.34. The topological polar surface area (TPSA) is 139 Å². The molecule has 32 heavy (non-hydrogen) atoms. The standard InChI is InChI=1S/C12H16O5.C10H11NO4/c1-3-16-9-7-5-6-8(10(9)13)11(14)12(15)17-4-2;1-2-14-10(13)8-6-4-3-5-7(12)9(6)15-11-8/h7-8H,3-6H2,1-2H3;2-5H2,1H3. The Hall–Kier alpha value is -3.30. The van der Waals surface area contributed by atoms with Crippen molar-refractivity contribution in [1.82, 2.24) is 5.16 Å². The maximum absolute atomic E-state index is 11.8. The fraction of sp³-hybridized carbons (Fsp3) is 0.545. The second kappa shape index (κ2) is 11.9. The molecule has 0 N–H and O–H groups in total. The molecule has 1 aromatic heterocycles. The molecule has 3 rings (SSSR count). The third kappa shape index (κ3) is 5.89. The summed E-state index contributed by atoms with van der Waals surface area (Å²) >= 11 is 0. The van der Waals surface area contributed by atoms with Crippen LogP contribution in [0.25, 0.3) is 0 Å². The van der Waals surface area contributed by atoms with Gasteiger partial charge >= 0.3 is 11.9 Å². The summed E-state index contributed by atoms with van der Waals surface area (Å²) in [5, 5.41) is 3.60. The van der Waals surface area contributed by atoms with Crippen LogP contribution in [-0.2, 0) is 35.0 Å². The van der Waals surface area contributed by atoms with Crippen molar-refractivity contribution in [2.45, 2.75) is 52.9 Å². The highest BCUT2D eigenvalue weighted by molar-refractivity contribution is 6.39. The van der Waals surface area contributed by atoms with E-state index in [9.17, 15) is 24.0 Å². The lowest BCUT2D eigenvalue weighted by Gasteiger charge is -2.19. The molecular weight excluding hydrogens is 422 g/mol. The molecular formula is C22H27NO9. The highest BCUT2D eigenvalue weighted by Crippen LogP contribution is 2.25. The first-order valence-corrected chi connectivity index (χ1v) is 10.6. The minimum atomic E-state index is -0.944. The Kier molecular flexibility index (Phi) is 9.30. The van der Waals surface area contributed by atoms with E-state index in [-0.39, 0.29) is 36.2 Å². The van der Waals surface area contributed by atoms with E-state index in [0.717, 1.165) is 6.42 Å². The summed E-state index contributed by atoms with van der Waals surface area (Å²) in [4.78, 5) is 57.6. The van der Waals surface area contributed by atoms with Crippen LogP contribution in [0.1, 0.15) is 73.1 Å². The fourth-order valence-electron chi connectivity index (χ4n) is 3.32. The van der Waals surface area contributed by atoms with Crippen LogP contribution in [0.4, 0.5) is 0 Å². The van der Waals surface area contributed by atoms with Crippen LogP contribution in [0.2, 0.25) is 0 Å². The molecule has 0 aliphatic heterocycles. The predicted octanol–water partition coefficient (Wildman–Crippen LogP) is 2.39. The van der Waals surface area contributed by atoms with Gasteiger partial charge < -0.3 is 18.7 Å². The zero-order valence-corrected chi connectivity index (χ0v) is 18.4. The number of rotatable bonds is 7. The summed E-state index contributed by atoms with van der Waals surface area (Å²) in [5.41, 5.74) is 0.754. The zero-order chi connectivity index (χ0) is 23.7. The molecule has 0 radical (unpaired) electrons. The summed E-state index contributed by atoms with van der Waals surface area (Å²) < 4.78 is 19.4. The predicted molar refractivity (Wildman–Crippen MR) is 109 cm³/mol. The highest BCUT2D eigenvalue weighted by Gasteiger charge is 2.36. The van der Waals surface area contributed by atoms with Crippen molar-refractivity contribution in [1.29, 1.82) is 0 Å². The maximum atomic E-state index is 11.8. The second-order valence-corrected chi connectivity index (χ2v) is 6.92. The molecule has 0 amide bonds. The Morgan fingerprint density at radius 3 is 2.44 bits per heavy atom. The average Bonchev–Trinajstić information content (AvgIpc) is 3.21. The van der Waals surface area contributed by atoms with Crippen LogP contribution in [0, 0.1) is 5.92 Å². The van der Waals surface area contributed by atoms with Gasteiger partial charge in [0.25, 0.3) is 5.78 Å². The van der Waals surface area contributed by atoms with Gasteiger partial charge in [-0.25, -0.2) is 9.59 Å². The first-order valence-electron chi connectivity index (χ1n) is 10.6. The smallest absolute Gasteiger partial charge is 0.375 e. The molecule has 2 aliphatic carbocycles. The number of aromatic nitrogens is 1. The third-order valence-corrected chi connectivity index (χ3v) is 4.78. The lowest BCUT2D eigenvalue weighted by atomic mass is 9.88. The van der Waals surface area contributed by atoms with Gasteiger partial charge in [0.2, 0.25) is 17.3 Å². The minimum Gasteiger partial charge on any atom is -0.490 e. The molecule has 0 fully saturated rings. The van der Waals surface area contributed by atoms with Gasteiger partial charge in [-0.15, -0.1) is 0 Å². The van der Waals surface area contributed by atoms with Crippen LogP contribution in [0.15, 0.2) is 16.4 Å². The molecule has 1 unspecified atom stereocenters. The number of carbonyl (C=O) groups excluding carboxylic acids is 5. The van der Waals surface area contributed by atoms with Gasteiger partial charge in [-0.3, -0.25) is 14.4 Å². The Morgan fingerprint density at radius 2 is 1.78 bits per heavy atom. The largest absolute Gasteiger partial charge is 0.490 e. The van der Waals surface area contributed by atoms with E-state index in [1.54, 1.807) is 26.8 Å². The molecule has 2 aliphatic rings. The molecule has 1 atom stereocenters. The number of ketones is 3. The fourth-order valence-corrected chi connectivity index (χ4v) is 3.32. The lowest BCUT2D eigenvalue weighted by molar-refractivity contribution is -0.157. The summed E-state index contributed by atoms with van der Waals surface area (Å²) in [7, 11) is 0. The number of hydrogen-bond donors (Lipinski definition) is 0. The molecule has 1 aromatic rings. The summed E-state index contributed by atoms with van der Waals surface area (Å²) in [6.07, 6.45) is 4.40. The molecule has 174 valence electrons. The number of allylic oxidation sites excluding steroid dienone is 2. The Balaban J connectivity index is 0.000000228. The maximum Gasteiger partial charge on any atom is 0.375 e. The van der Waals surface area contributed by atoms with Crippen molar-refractivity contribution >= 4 is 29.3 Å². The molecule has 1 heterocycles. The SMILES string of the molecule is CCOC(=O)C(=O)C1CCC=C(OCC)C1=O.CCOC(=O)c1noc2c1CCCC2=O. The third-order valence-electron chi connectivity index (χ3n) is 4.78. The zero-order valence-electron chi connectivity index (χ0n) is 18.4. The monoisotopic (exact) mass is 449 g/mol. The molecule has 0 spiro atoms. The van der Waals surface area contributed by atoms with Gasteiger partial charge in [0.05, 0.1) is 25.7 Å². The average molecular weight is 449 g/mol. The van der Waals surface area contributed by atoms with Crippen molar-refractivity contribution in [3.05, 3.63) is 28.9 Å². The van der Waals surface area contributed by atoms with Gasteiger partial charge in [-0.2, -0.15) is 0 Å². The molecule has 10 nitrogen and oxygen atoms in total. The first kappa shape index (κ1) is 25.0. The van der Waals surface area contributed by atoms with E-state index < -0.39 is 29.4 Å². The van der Waals surface area contributed by atoms with E-state index in [1.165, 1.54) is 0 Å². The van der Waals surface area contributed by atoms with Gasteiger partial charge in [-0.1, -0.05) is 5.16 Å². The first-order chi connectivity index (χ1) is 15.3. The number of fused-ring (bicyclic) bond motifs is 1. The minimum absolute atomic E-state index is 0.0840. The molecule has 0 saturated heterocycles. The van der Waals surface area contributed by atoms with E-state index in [0.29, 0.717) is 37.9 Å². The van der Waals surface area contributed by atoms with E-state index in [4.69, 9.17) is 14.0 Å². The number of nitrogens with zero attached hydrogens (tertiary/aromatic N) is 1. The summed E-state index contributed by atoms with van der Waals surface area (Å²) in [6, 6.07) is 0. The normalized spacial score (nSPS) is 17.3. The van der Waals surface area contributed by atoms with Crippen LogP contribution in [0.5, 0.6) is 0 Å². The van der Waals surface area contributed by atoms with Gasteiger partial charge in [0.15, 0.2) is 11.5 Å². The van der Waals surface area contributed by atoms with Crippen molar-refractivity contribution in [3.63, 3.8) is 0 Å². The number of carbonyl (C=O) groups is 5. The summed E-state index contributed by atoms with van der Waals surface area (Å²) in [5.74, 6) is -3.27. The molecule has 10 heteroatoms. The number of Topliss-reactive ketones (excluding diaryl/α,β-unsaturated/α-hetero) is 3.